The number of nitrogens with one attached hydrogen (secondary N) is 1. The molecule has 0 aromatic heterocycles. The van der Waals surface area contributed by atoms with Gasteiger partial charge in [-0.05, 0) is 36.8 Å². The fraction of sp³-hybridized carbons (Fsp3) is 0.278. The van der Waals surface area contributed by atoms with Gasteiger partial charge in [0.05, 0.1) is 13.2 Å². The minimum atomic E-state index is 0.397. The van der Waals surface area contributed by atoms with Gasteiger partial charge in [-0.1, -0.05) is 29.8 Å². The van der Waals surface area contributed by atoms with E-state index < -0.39 is 0 Å². The highest BCUT2D eigenvalue weighted by molar-refractivity contribution is 5.92. The Kier molecular flexibility index (Phi) is 6.44. The molecule has 0 spiro atoms. The van der Waals surface area contributed by atoms with E-state index in [0.717, 1.165) is 17.0 Å². The van der Waals surface area contributed by atoms with Gasteiger partial charge in [0, 0.05) is 12.8 Å². The quantitative estimate of drug-likeness (QED) is 0.468. The number of benzene rings is 2. The summed E-state index contributed by atoms with van der Waals surface area (Å²) in [6, 6.07) is 15.8. The van der Waals surface area contributed by atoms with Gasteiger partial charge in [0.15, 0.2) is 5.96 Å². The van der Waals surface area contributed by atoms with Crippen molar-refractivity contribution in [3.63, 3.8) is 0 Å². The topological polar surface area (TPSA) is 68.9 Å². The van der Waals surface area contributed by atoms with Crippen LogP contribution in [0.2, 0.25) is 0 Å². The molecule has 5 heteroatoms. The molecule has 2 aromatic carbocycles. The number of aliphatic imine (C=N–C) groups is 1. The van der Waals surface area contributed by atoms with Crippen molar-refractivity contribution >= 4 is 11.6 Å². The second kappa shape index (κ2) is 8.80. The molecule has 122 valence electrons. The van der Waals surface area contributed by atoms with Crippen molar-refractivity contribution < 1.29 is 9.47 Å². The summed E-state index contributed by atoms with van der Waals surface area (Å²) in [7, 11) is 1.65. The molecule has 5 nitrogen and oxygen atoms in total. The van der Waals surface area contributed by atoms with Crippen molar-refractivity contribution in [2.24, 2.45) is 10.7 Å². The van der Waals surface area contributed by atoms with E-state index >= 15 is 0 Å². The van der Waals surface area contributed by atoms with E-state index in [-0.39, 0.29) is 0 Å². The number of rotatable bonds is 7. The molecule has 0 aliphatic rings. The Bertz CT molecular complexity index is 622. The summed E-state index contributed by atoms with van der Waals surface area (Å²) in [5.41, 5.74) is 9.11. The van der Waals surface area contributed by atoms with Crippen LogP contribution in [0.25, 0.3) is 0 Å². The Hall–Kier alpha value is -2.53. The molecule has 2 aromatic rings. The Morgan fingerprint density at radius 1 is 1.04 bits per heavy atom. The Labute approximate surface area is 137 Å². The molecular weight excluding hydrogens is 290 g/mol. The molecule has 0 aliphatic carbocycles. The van der Waals surface area contributed by atoms with Crippen molar-refractivity contribution in [1.29, 1.82) is 0 Å². The molecular formula is C18H23N3O2. The fourth-order valence-corrected chi connectivity index (χ4v) is 1.93. The van der Waals surface area contributed by atoms with Crippen LogP contribution in [0.15, 0.2) is 53.5 Å². The largest absolute Gasteiger partial charge is 0.491 e. The molecule has 23 heavy (non-hydrogen) atoms. The highest BCUT2D eigenvalue weighted by atomic mass is 16.5. The average molecular weight is 313 g/mol. The van der Waals surface area contributed by atoms with Gasteiger partial charge in [-0.3, -0.25) is 0 Å². The number of anilines is 1. The third-order valence-corrected chi connectivity index (χ3v) is 3.24. The van der Waals surface area contributed by atoms with E-state index in [1.54, 1.807) is 7.11 Å². The average Bonchev–Trinajstić information content (AvgIpc) is 2.56. The van der Waals surface area contributed by atoms with Crippen molar-refractivity contribution in [2.75, 3.05) is 25.6 Å². The lowest BCUT2D eigenvalue weighted by Gasteiger charge is -2.07. The van der Waals surface area contributed by atoms with Crippen LogP contribution in [-0.2, 0) is 11.3 Å². The first kappa shape index (κ1) is 16.8. The van der Waals surface area contributed by atoms with E-state index in [9.17, 15) is 0 Å². The first-order valence-electron chi connectivity index (χ1n) is 7.51. The molecule has 0 saturated carbocycles. The van der Waals surface area contributed by atoms with Gasteiger partial charge in [0.25, 0.3) is 0 Å². The Morgan fingerprint density at radius 2 is 1.74 bits per heavy atom. The van der Waals surface area contributed by atoms with Gasteiger partial charge in [-0.2, -0.15) is 0 Å². The third kappa shape index (κ3) is 6.00. The number of methoxy groups -OCH3 is 1. The predicted molar refractivity (Wildman–Crippen MR) is 93.9 cm³/mol. The molecule has 0 fully saturated rings. The minimum absolute atomic E-state index is 0.397. The summed E-state index contributed by atoms with van der Waals surface area (Å²) in [5, 5.41) is 3.07. The molecule has 0 aliphatic heterocycles. The molecule has 0 bridgehead atoms. The van der Waals surface area contributed by atoms with Crippen molar-refractivity contribution in [3.05, 3.63) is 59.7 Å². The lowest BCUT2D eigenvalue weighted by Crippen LogP contribution is -2.22. The van der Waals surface area contributed by atoms with Crippen molar-refractivity contribution in [3.8, 4) is 5.75 Å². The zero-order valence-corrected chi connectivity index (χ0v) is 13.6. The number of hydrogen-bond acceptors (Lipinski definition) is 3. The summed E-state index contributed by atoms with van der Waals surface area (Å²) in [6.45, 7) is 3.68. The molecule has 2 rings (SSSR count). The van der Waals surface area contributed by atoms with Crippen LogP contribution >= 0.6 is 0 Å². The van der Waals surface area contributed by atoms with Crippen LogP contribution in [0.3, 0.4) is 0 Å². The highest BCUT2D eigenvalue weighted by Gasteiger charge is 1.97. The van der Waals surface area contributed by atoms with Crippen LogP contribution in [0, 0.1) is 6.92 Å². The molecule has 0 amide bonds. The number of nitrogens with two attached hydrogens (primary N) is 1. The summed E-state index contributed by atoms with van der Waals surface area (Å²) in [6.07, 6.45) is 0. The van der Waals surface area contributed by atoms with Gasteiger partial charge >= 0.3 is 0 Å². The number of hydrogen-bond donors (Lipinski definition) is 2. The lowest BCUT2D eigenvalue weighted by molar-refractivity contribution is 0.146. The van der Waals surface area contributed by atoms with E-state index in [1.807, 2.05) is 55.5 Å². The van der Waals surface area contributed by atoms with E-state index in [4.69, 9.17) is 15.2 Å². The van der Waals surface area contributed by atoms with Gasteiger partial charge in [0.2, 0.25) is 0 Å². The van der Waals surface area contributed by atoms with Crippen LogP contribution in [0.5, 0.6) is 5.75 Å². The maximum atomic E-state index is 5.90. The normalized spacial score (nSPS) is 11.3. The Balaban J connectivity index is 1.84. The molecule has 0 atom stereocenters. The molecule has 0 saturated heterocycles. The van der Waals surface area contributed by atoms with Gasteiger partial charge in [-0.15, -0.1) is 0 Å². The summed E-state index contributed by atoms with van der Waals surface area (Å²) in [4.78, 5) is 4.34. The SMILES string of the molecule is COCCOc1ccc(CN=C(N)Nc2ccc(C)cc2)cc1. The van der Waals surface area contributed by atoms with Crippen LogP contribution in [0.1, 0.15) is 11.1 Å². The summed E-state index contributed by atoms with van der Waals surface area (Å²) >= 11 is 0. The van der Waals surface area contributed by atoms with Crippen LogP contribution < -0.4 is 15.8 Å². The zero-order chi connectivity index (χ0) is 16.5. The number of guanidine groups is 1. The maximum Gasteiger partial charge on any atom is 0.193 e. The van der Waals surface area contributed by atoms with E-state index in [2.05, 4.69) is 10.3 Å². The third-order valence-electron chi connectivity index (χ3n) is 3.24. The fourth-order valence-electron chi connectivity index (χ4n) is 1.93. The molecule has 3 N–H and O–H groups in total. The minimum Gasteiger partial charge on any atom is -0.491 e. The van der Waals surface area contributed by atoms with Crippen molar-refractivity contribution in [1.82, 2.24) is 0 Å². The molecule has 0 unspecified atom stereocenters. The first-order chi connectivity index (χ1) is 11.2. The monoisotopic (exact) mass is 313 g/mol. The summed E-state index contributed by atoms with van der Waals surface area (Å²) in [5.74, 6) is 1.22. The first-order valence-corrected chi connectivity index (χ1v) is 7.51. The van der Waals surface area contributed by atoms with Crippen LogP contribution in [0.4, 0.5) is 5.69 Å². The van der Waals surface area contributed by atoms with Crippen molar-refractivity contribution in [2.45, 2.75) is 13.5 Å². The second-order valence-electron chi connectivity index (χ2n) is 5.18. The number of ether oxygens (including phenoxy) is 2. The maximum absolute atomic E-state index is 5.90. The van der Waals surface area contributed by atoms with Gasteiger partial charge in [0.1, 0.15) is 12.4 Å². The molecule has 0 radical (unpaired) electrons. The van der Waals surface area contributed by atoms with Gasteiger partial charge in [-0.25, -0.2) is 4.99 Å². The predicted octanol–water partition coefficient (Wildman–Crippen LogP) is 2.95. The standard InChI is InChI=1S/C18H23N3O2/c1-14-3-7-16(8-4-14)21-18(19)20-13-15-5-9-17(10-6-15)23-12-11-22-2/h3-10H,11-13H2,1-2H3,(H3,19,20,21). The van der Waals surface area contributed by atoms with E-state index in [1.165, 1.54) is 5.56 Å². The second-order valence-corrected chi connectivity index (χ2v) is 5.18. The smallest absolute Gasteiger partial charge is 0.193 e. The van der Waals surface area contributed by atoms with Gasteiger partial charge < -0.3 is 20.5 Å². The lowest BCUT2D eigenvalue weighted by atomic mass is 10.2. The number of aryl methyl sites for hydroxylation is 1. The molecule has 0 heterocycles. The number of nitrogens with zero attached hydrogens (tertiary/aromatic N) is 1. The Morgan fingerprint density at radius 3 is 2.39 bits per heavy atom. The van der Waals surface area contributed by atoms with Crippen LogP contribution in [-0.4, -0.2) is 26.3 Å². The summed E-state index contributed by atoms with van der Waals surface area (Å²) < 4.78 is 10.5. The van der Waals surface area contributed by atoms with E-state index in [0.29, 0.717) is 25.7 Å². The zero-order valence-electron chi connectivity index (χ0n) is 13.6. The highest BCUT2D eigenvalue weighted by Crippen LogP contribution is 2.13.